The summed E-state index contributed by atoms with van der Waals surface area (Å²) in [6.07, 6.45) is 1.04. The topological polar surface area (TPSA) is 187 Å². The minimum Gasteiger partial charge on any atom is -0.494 e. The molecule has 2 aliphatic heterocycles. The zero-order chi connectivity index (χ0) is 39.8. The van der Waals surface area contributed by atoms with Crippen LogP contribution in [0.4, 0.5) is 0 Å². The molecule has 2 bridgehead atoms. The van der Waals surface area contributed by atoms with E-state index in [2.05, 4.69) is 31.9 Å². The van der Waals surface area contributed by atoms with Crippen molar-refractivity contribution in [2.75, 3.05) is 19.7 Å². The van der Waals surface area contributed by atoms with E-state index < -0.39 is 48.1 Å². The summed E-state index contributed by atoms with van der Waals surface area (Å²) in [6.45, 7) is 13.5. The molecule has 7 N–H and O–H groups in total. The maximum absolute atomic E-state index is 13.9. The Balaban J connectivity index is 1.86. The van der Waals surface area contributed by atoms with Gasteiger partial charge in [-0.1, -0.05) is 90.4 Å². The Bertz CT molecular complexity index is 1500. The van der Waals surface area contributed by atoms with Crippen molar-refractivity contribution < 1.29 is 33.8 Å². The molecule has 2 heterocycles. The molecule has 0 unspecified atom stereocenters. The lowest BCUT2D eigenvalue weighted by Crippen LogP contribution is -2.60. The fourth-order valence-electron chi connectivity index (χ4n) is 6.32. The summed E-state index contributed by atoms with van der Waals surface area (Å²) in [4.78, 5) is 66.3. The lowest BCUT2D eigenvalue weighted by molar-refractivity contribution is -0.133. The maximum Gasteiger partial charge on any atom is 0.243 e. The van der Waals surface area contributed by atoms with Gasteiger partial charge in [-0.05, 0) is 66.7 Å². The van der Waals surface area contributed by atoms with Crippen molar-refractivity contribution in [3.8, 4) is 5.75 Å². The number of nitrogens with one attached hydrogen (secondary N) is 6. The zero-order valence-corrected chi connectivity index (χ0v) is 32.9. The number of amides is 5. The van der Waals surface area contributed by atoms with Crippen LogP contribution in [0, 0.1) is 17.8 Å². The quantitative estimate of drug-likeness (QED) is 0.136. The van der Waals surface area contributed by atoms with Gasteiger partial charge in [-0.15, -0.1) is 0 Å². The smallest absolute Gasteiger partial charge is 0.243 e. The first kappa shape index (κ1) is 43.9. The second kappa shape index (κ2) is 22.0. The summed E-state index contributed by atoms with van der Waals surface area (Å²) in [5.74, 6) is -1.60. The Morgan fingerprint density at radius 1 is 0.907 bits per heavy atom. The second-order valence-electron chi connectivity index (χ2n) is 15.2. The monoisotopic (exact) mass is 750 g/mol. The first-order valence-electron chi connectivity index (χ1n) is 19.3. The van der Waals surface area contributed by atoms with Crippen LogP contribution in [-0.2, 0) is 36.8 Å². The van der Waals surface area contributed by atoms with Gasteiger partial charge in [-0.25, -0.2) is 0 Å². The third kappa shape index (κ3) is 14.4. The second-order valence-corrected chi connectivity index (χ2v) is 15.2. The van der Waals surface area contributed by atoms with Crippen molar-refractivity contribution in [3.63, 3.8) is 0 Å². The summed E-state index contributed by atoms with van der Waals surface area (Å²) < 4.78 is 5.84. The van der Waals surface area contributed by atoms with Gasteiger partial charge in [0.25, 0.3) is 0 Å². The maximum atomic E-state index is 13.9. The lowest BCUT2D eigenvalue weighted by Gasteiger charge is -2.31. The van der Waals surface area contributed by atoms with Gasteiger partial charge in [-0.3, -0.25) is 24.0 Å². The van der Waals surface area contributed by atoms with Gasteiger partial charge in [0.05, 0.1) is 24.8 Å². The van der Waals surface area contributed by atoms with E-state index in [9.17, 15) is 29.1 Å². The van der Waals surface area contributed by atoms with Crippen LogP contribution >= 0.6 is 0 Å². The number of fused-ring (bicyclic) bond motifs is 12. The number of benzene rings is 2. The van der Waals surface area contributed by atoms with Crippen LogP contribution in [0.1, 0.15) is 78.9 Å². The molecule has 0 aromatic heterocycles. The summed E-state index contributed by atoms with van der Waals surface area (Å²) in [6, 6.07) is 12.7. The number of carbonyl (C=O) groups is 5. The molecule has 298 valence electrons. The Kier molecular flexibility index (Phi) is 17.9. The Hall–Kier alpha value is -4.49. The number of ether oxygens (including phenoxy) is 1. The molecule has 13 heteroatoms. The number of rotatable bonds is 16. The molecule has 0 radical (unpaired) electrons. The normalized spacial score (nSPS) is 19.5. The molecular weight excluding hydrogens is 688 g/mol. The van der Waals surface area contributed by atoms with Crippen molar-refractivity contribution >= 4 is 29.5 Å². The minimum absolute atomic E-state index is 0.0744. The summed E-state index contributed by atoms with van der Waals surface area (Å²) in [7, 11) is 0. The Labute approximate surface area is 320 Å². The highest BCUT2D eigenvalue weighted by molar-refractivity contribution is 5.92. The predicted octanol–water partition coefficient (Wildman–Crippen LogP) is 2.40. The van der Waals surface area contributed by atoms with Crippen molar-refractivity contribution in [2.24, 2.45) is 17.8 Å². The van der Waals surface area contributed by atoms with Gasteiger partial charge in [-0.2, -0.15) is 0 Å². The van der Waals surface area contributed by atoms with E-state index in [-0.39, 0.29) is 54.9 Å². The molecule has 7 atom stereocenters. The Morgan fingerprint density at radius 3 is 2.20 bits per heavy atom. The van der Waals surface area contributed by atoms with E-state index in [1.165, 1.54) is 6.92 Å². The third-order valence-corrected chi connectivity index (χ3v) is 9.67. The molecular formula is C41H62N6O7. The molecule has 0 spiro atoms. The highest BCUT2D eigenvalue weighted by atomic mass is 16.5. The number of carbonyl (C=O) groups excluding carboxylic acids is 5. The van der Waals surface area contributed by atoms with Gasteiger partial charge in [0.15, 0.2) is 0 Å². The van der Waals surface area contributed by atoms with E-state index in [0.717, 1.165) is 11.1 Å². The first-order valence-corrected chi connectivity index (χ1v) is 19.3. The highest BCUT2D eigenvalue weighted by Gasteiger charge is 2.33. The van der Waals surface area contributed by atoms with Gasteiger partial charge in [0.1, 0.15) is 23.9 Å². The van der Waals surface area contributed by atoms with Crippen LogP contribution in [0.5, 0.6) is 5.75 Å². The van der Waals surface area contributed by atoms with Gasteiger partial charge < -0.3 is 41.7 Å². The predicted molar refractivity (Wildman–Crippen MR) is 208 cm³/mol. The van der Waals surface area contributed by atoms with Crippen molar-refractivity contribution in [2.45, 2.75) is 117 Å². The molecule has 54 heavy (non-hydrogen) atoms. The van der Waals surface area contributed by atoms with E-state index in [4.69, 9.17) is 4.74 Å². The summed E-state index contributed by atoms with van der Waals surface area (Å²) in [5.41, 5.74) is 1.72. The lowest BCUT2D eigenvalue weighted by atomic mass is 9.96. The summed E-state index contributed by atoms with van der Waals surface area (Å²) in [5, 5.41) is 29.3. The van der Waals surface area contributed by atoms with Crippen LogP contribution in [0.2, 0.25) is 0 Å². The molecule has 13 nitrogen and oxygen atoms in total. The van der Waals surface area contributed by atoms with Crippen molar-refractivity contribution in [1.29, 1.82) is 0 Å². The van der Waals surface area contributed by atoms with Crippen molar-refractivity contribution in [3.05, 3.63) is 65.7 Å². The first-order chi connectivity index (χ1) is 25.7. The van der Waals surface area contributed by atoms with Crippen LogP contribution in [-0.4, -0.2) is 90.7 Å². The van der Waals surface area contributed by atoms with Crippen LogP contribution in [0.25, 0.3) is 0 Å². The standard InChI is InChI=1S/C41H62N6O7/c1-8-27(6)37-40(52)42-19-12-20-54-31-17-15-30(16-18-31)23-33(38(50)47-37)43-24-35(49)32(22-29-13-10-9-11-14-29)45-41(53)36(26(4)5)46-39(51)34(21-25(2)3)44-28(7)48/h9-11,13-18,25-27,32-37,43,49H,8,12,19-24H2,1-7H3,(H,42,52)(H,44,48)(H,45,53)(H,46,51)(H,47,50)/t27-,32-,33-,34-,35+,36-,37-/m0/s1. The van der Waals surface area contributed by atoms with Gasteiger partial charge in [0.2, 0.25) is 29.5 Å². The number of aliphatic hydroxyl groups is 1. The largest absolute Gasteiger partial charge is 0.494 e. The number of hydrogen-bond acceptors (Lipinski definition) is 8. The molecule has 0 fully saturated rings. The molecule has 4 rings (SSSR count). The average Bonchev–Trinajstić information content (AvgIpc) is 3.13. The molecule has 2 aromatic carbocycles. The highest BCUT2D eigenvalue weighted by Crippen LogP contribution is 2.16. The van der Waals surface area contributed by atoms with E-state index in [0.29, 0.717) is 38.2 Å². The SMILES string of the molecule is CC[C@H](C)[C@@H]1NC(=O)[C@@H](NC[C@@H](O)[C@H](Cc2ccccc2)NC(=O)[C@@H](NC(=O)[C@H](CC(C)C)NC(C)=O)C(C)C)Cc2ccc(cc2)OCCCNC1=O. The molecule has 5 amide bonds. The molecule has 2 aliphatic rings. The van der Waals surface area contributed by atoms with E-state index in [1.807, 2.05) is 96.1 Å². The molecule has 0 saturated carbocycles. The molecule has 2 aromatic rings. The third-order valence-electron chi connectivity index (χ3n) is 9.67. The van der Waals surface area contributed by atoms with Crippen LogP contribution < -0.4 is 36.6 Å². The summed E-state index contributed by atoms with van der Waals surface area (Å²) >= 11 is 0. The Morgan fingerprint density at radius 2 is 1.59 bits per heavy atom. The van der Waals surface area contributed by atoms with Gasteiger partial charge in [0, 0.05) is 20.0 Å². The van der Waals surface area contributed by atoms with E-state index >= 15 is 0 Å². The fraction of sp³-hybridized carbons (Fsp3) is 0.585. The van der Waals surface area contributed by atoms with E-state index in [1.54, 1.807) is 0 Å². The van der Waals surface area contributed by atoms with Crippen LogP contribution in [0.15, 0.2) is 54.6 Å². The fourth-order valence-corrected chi connectivity index (χ4v) is 6.32. The average molecular weight is 751 g/mol. The molecule has 0 saturated heterocycles. The van der Waals surface area contributed by atoms with Crippen LogP contribution in [0.3, 0.4) is 0 Å². The number of hydrogen-bond donors (Lipinski definition) is 7. The zero-order valence-electron chi connectivity index (χ0n) is 32.9. The minimum atomic E-state index is -1.17. The van der Waals surface area contributed by atoms with Gasteiger partial charge >= 0.3 is 0 Å². The number of aliphatic hydroxyl groups excluding tert-OH is 1. The van der Waals surface area contributed by atoms with Crippen molar-refractivity contribution in [1.82, 2.24) is 31.9 Å². The molecule has 0 aliphatic carbocycles.